The monoisotopic (exact) mass is 666 g/mol. The SMILES string of the molecule is COc1c(NC(=O)c2ccc(C)c(Oc3ccnc(CC4CCN(C(=O)OC(C)(C)C)CC4)n3)c2)cc(C(C)(C)C)cc1S(C)(=O)=O. The van der Waals surface area contributed by atoms with Gasteiger partial charge in [-0.1, -0.05) is 26.8 Å². The van der Waals surface area contributed by atoms with Gasteiger partial charge in [-0.3, -0.25) is 4.79 Å². The number of rotatable bonds is 8. The minimum Gasteiger partial charge on any atom is -0.493 e. The Hall–Kier alpha value is -4.19. The first kappa shape index (κ1) is 35.7. The molecule has 2 heterocycles. The maximum atomic E-state index is 13.5. The molecule has 0 aliphatic carbocycles. The lowest BCUT2D eigenvalue weighted by atomic mass is 9.86. The Balaban J connectivity index is 1.48. The number of sulfone groups is 1. The van der Waals surface area contributed by atoms with Gasteiger partial charge in [-0.2, -0.15) is 4.98 Å². The van der Waals surface area contributed by atoms with Crippen LogP contribution in [0.15, 0.2) is 47.5 Å². The van der Waals surface area contributed by atoms with Gasteiger partial charge in [0, 0.05) is 43.6 Å². The Kier molecular flexibility index (Phi) is 10.5. The second kappa shape index (κ2) is 13.9. The highest BCUT2D eigenvalue weighted by molar-refractivity contribution is 7.90. The summed E-state index contributed by atoms with van der Waals surface area (Å²) in [7, 11) is -2.28. The molecular weight excluding hydrogens is 620 g/mol. The summed E-state index contributed by atoms with van der Waals surface area (Å²) in [6.07, 6.45) is 4.75. The van der Waals surface area contributed by atoms with E-state index in [4.69, 9.17) is 14.2 Å². The van der Waals surface area contributed by atoms with Gasteiger partial charge in [-0.15, -0.1) is 0 Å². The normalized spacial score (nSPS) is 14.4. The maximum absolute atomic E-state index is 13.5. The van der Waals surface area contributed by atoms with Gasteiger partial charge in [-0.05, 0) is 87.3 Å². The van der Waals surface area contributed by atoms with Crippen molar-refractivity contribution < 1.29 is 32.2 Å². The van der Waals surface area contributed by atoms with Crippen molar-refractivity contribution >= 4 is 27.5 Å². The Bertz CT molecular complexity index is 1740. The summed E-state index contributed by atoms with van der Waals surface area (Å²) in [5.74, 6) is 1.35. The number of methoxy groups -OCH3 is 1. The summed E-state index contributed by atoms with van der Waals surface area (Å²) < 4.78 is 42.4. The van der Waals surface area contributed by atoms with Crippen LogP contribution in [0.1, 0.15) is 81.7 Å². The molecule has 1 saturated heterocycles. The van der Waals surface area contributed by atoms with Crippen LogP contribution in [0.5, 0.6) is 17.4 Å². The van der Waals surface area contributed by atoms with E-state index in [1.165, 1.54) is 7.11 Å². The number of piperidine rings is 1. The summed E-state index contributed by atoms with van der Waals surface area (Å²) in [6.45, 7) is 14.6. The molecule has 47 heavy (non-hydrogen) atoms. The lowest BCUT2D eigenvalue weighted by Crippen LogP contribution is -2.42. The van der Waals surface area contributed by atoms with Crippen LogP contribution in [0.3, 0.4) is 0 Å². The largest absolute Gasteiger partial charge is 0.493 e. The Morgan fingerprint density at radius 2 is 1.70 bits per heavy atom. The van der Waals surface area contributed by atoms with Crippen molar-refractivity contribution in [2.24, 2.45) is 5.92 Å². The molecule has 4 rings (SSSR count). The van der Waals surface area contributed by atoms with Gasteiger partial charge in [0.2, 0.25) is 5.88 Å². The summed E-state index contributed by atoms with van der Waals surface area (Å²) in [4.78, 5) is 36.7. The molecule has 2 aromatic carbocycles. The van der Waals surface area contributed by atoms with E-state index in [1.54, 1.807) is 47.5 Å². The van der Waals surface area contributed by atoms with E-state index < -0.39 is 21.3 Å². The molecule has 0 bridgehead atoms. The molecule has 12 heteroatoms. The van der Waals surface area contributed by atoms with Gasteiger partial charge in [0.1, 0.15) is 22.1 Å². The number of likely N-dealkylation sites (tertiary alicyclic amines) is 1. The number of hydrogen-bond acceptors (Lipinski definition) is 9. The molecule has 0 atom stereocenters. The molecular formula is C35H46N4O7S. The minimum absolute atomic E-state index is 0.00353. The number of aromatic nitrogens is 2. The molecule has 1 N–H and O–H groups in total. The van der Waals surface area contributed by atoms with Crippen molar-refractivity contribution in [1.82, 2.24) is 14.9 Å². The molecule has 1 aliphatic heterocycles. The van der Waals surface area contributed by atoms with E-state index in [2.05, 4.69) is 15.3 Å². The van der Waals surface area contributed by atoms with Gasteiger partial charge >= 0.3 is 6.09 Å². The number of hydrogen-bond donors (Lipinski definition) is 1. The van der Waals surface area contributed by atoms with E-state index in [9.17, 15) is 18.0 Å². The van der Waals surface area contributed by atoms with Gasteiger partial charge in [0.25, 0.3) is 5.91 Å². The molecule has 2 amide bonds. The molecule has 0 unspecified atom stereocenters. The lowest BCUT2D eigenvalue weighted by Gasteiger charge is -2.33. The molecule has 3 aromatic rings. The van der Waals surface area contributed by atoms with E-state index in [0.717, 1.165) is 30.2 Å². The van der Waals surface area contributed by atoms with Crippen LogP contribution in [0.4, 0.5) is 10.5 Å². The molecule has 1 fully saturated rings. The Morgan fingerprint density at radius 1 is 1.02 bits per heavy atom. The van der Waals surface area contributed by atoms with Crippen molar-refractivity contribution in [3.05, 3.63) is 65.1 Å². The number of carbonyl (C=O) groups is 2. The first-order valence-corrected chi connectivity index (χ1v) is 17.6. The van der Waals surface area contributed by atoms with E-state index >= 15 is 0 Å². The first-order chi connectivity index (χ1) is 21.8. The molecule has 0 saturated carbocycles. The van der Waals surface area contributed by atoms with Crippen LogP contribution in [0.2, 0.25) is 0 Å². The van der Waals surface area contributed by atoms with Crippen molar-refractivity contribution in [3.63, 3.8) is 0 Å². The fourth-order valence-electron chi connectivity index (χ4n) is 5.21. The van der Waals surface area contributed by atoms with Crippen LogP contribution < -0.4 is 14.8 Å². The number of aryl methyl sites for hydroxylation is 1. The van der Waals surface area contributed by atoms with E-state index in [1.807, 2.05) is 48.5 Å². The van der Waals surface area contributed by atoms with E-state index in [0.29, 0.717) is 48.4 Å². The van der Waals surface area contributed by atoms with Crippen LogP contribution in [-0.4, -0.2) is 67.3 Å². The predicted molar refractivity (Wildman–Crippen MR) is 180 cm³/mol. The second-order valence-corrected chi connectivity index (χ2v) is 16.0. The fraction of sp³-hybridized carbons (Fsp3) is 0.486. The van der Waals surface area contributed by atoms with Crippen molar-refractivity contribution in [1.29, 1.82) is 0 Å². The van der Waals surface area contributed by atoms with Gasteiger partial charge < -0.3 is 24.4 Å². The summed E-state index contributed by atoms with van der Waals surface area (Å²) in [5, 5.41) is 2.85. The second-order valence-electron chi connectivity index (χ2n) is 14.0. The molecule has 1 aliphatic rings. The smallest absolute Gasteiger partial charge is 0.410 e. The highest BCUT2D eigenvalue weighted by Crippen LogP contribution is 2.38. The van der Waals surface area contributed by atoms with Gasteiger partial charge in [-0.25, -0.2) is 18.2 Å². The Morgan fingerprint density at radius 3 is 2.30 bits per heavy atom. The summed E-state index contributed by atoms with van der Waals surface area (Å²) in [6, 6.07) is 10.1. The van der Waals surface area contributed by atoms with Crippen LogP contribution in [0.25, 0.3) is 0 Å². The van der Waals surface area contributed by atoms with Gasteiger partial charge in [0.15, 0.2) is 15.6 Å². The molecule has 11 nitrogen and oxygen atoms in total. The third kappa shape index (κ3) is 9.43. The zero-order valence-corrected chi connectivity index (χ0v) is 29.6. The van der Waals surface area contributed by atoms with Crippen LogP contribution >= 0.6 is 0 Å². The highest BCUT2D eigenvalue weighted by atomic mass is 32.2. The summed E-state index contributed by atoms with van der Waals surface area (Å²) >= 11 is 0. The topological polar surface area (TPSA) is 137 Å². The fourth-order valence-corrected chi connectivity index (χ4v) is 6.08. The first-order valence-electron chi connectivity index (χ1n) is 15.7. The van der Waals surface area contributed by atoms with Gasteiger partial charge in [0.05, 0.1) is 12.8 Å². The molecule has 0 radical (unpaired) electrons. The van der Waals surface area contributed by atoms with E-state index in [-0.39, 0.29) is 27.8 Å². The molecule has 0 spiro atoms. The molecule has 1 aromatic heterocycles. The quantitative estimate of drug-likeness (QED) is 0.277. The number of anilines is 1. The van der Waals surface area contributed by atoms with Crippen molar-refractivity contribution in [3.8, 4) is 17.4 Å². The number of nitrogens with zero attached hydrogens (tertiary/aromatic N) is 3. The Labute approximate surface area is 278 Å². The standard InChI is InChI=1S/C35H46N4O7S/c1-22-10-11-24(32(40)37-26-20-25(34(2,3)4)21-28(31(26)44-8)47(9,42)43)19-27(22)45-30-12-15-36-29(38-30)18-23-13-16-39(17-14-23)33(41)46-35(5,6)7/h10-12,15,19-21,23H,13-14,16-18H2,1-9H3,(H,37,40). The van der Waals surface area contributed by atoms with Crippen LogP contribution in [-0.2, 0) is 26.4 Å². The zero-order chi connectivity index (χ0) is 34.7. The third-order valence-electron chi connectivity index (χ3n) is 7.85. The van der Waals surface area contributed by atoms with Crippen molar-refractivity contribution in [2.75, 3.05) is 31.8 Å². The number of amides is 2. The maximum Gasteiger partial charge on any atom is 0.410 e. The van der Waals surface area contributed by atoms with Crippen molar-refractivity contribution in [2.45, 2.75) is 83.6 Å². The average molecular weight is 667 g/mol. The number of carbonyl (C=O) groups excluding carboxylic acids is 2. The number of benzene rings is 2. The number of ether oxygens (including phenoxy) is 3. The average Bonchev–Trinajstić information content (AvgIpc) is 2.96. The minimum atomic E-state index is -3.65. The lowest BCUT2D eigenvalue weighted by molar-refractivity contribution is 0.0183. The van der Waals surface area contributed by atoms with Crippen LogP contribution in [0, 0.1) is 12.8 Å². The summed E-state index contributed by atoms with van der Waals surface area (Å²) in [5.41, 5.74) is 1.17. The molecule has 254 valence electrons. The zero-order valence-electron chi connectivity index (χ0n) is 28.8. The third-order valence-corrected chi connectivity index (χ3v) is 8.96. The highest BCUT2D eigenvalue weighted by Gasteiger charge is 2.28. The predicted octanol–water partition coefficient (Wildman–Crippen LogP) is 6.73. The number of nitrogens with one attached hydrogen (secondary N) is 1.